The Balaban J connectivity index is 3.40. The van der Waals surface area contributed by atoms with Crippen molar-refractivity contribution in [3.8, 4) is 0 Å². The van der Waals surface area contributed by atoms with Gasteiger partial charge in [0.15, 0.2) is 0 Å². The van der Waals surface area contributed by atoms with Crippen LogP contribution in [0.2, 0.25) is 0 Å². The Kier molecular flexibility index (Phi) is 4.10. The first kappa shape index (κ1) is 9.14. The largest absolute Gasteiger partial charge is 0.335 e. The van der Waals surface area contributed by atoms with Crippen LogP contribution in [0.3, 0.4) is 0 Å². The van der Waals surface area contributed by atoms with Crippen LogP contribution in [-0.2, 0) is 9.09 Å². The van der Waals surface area contributed by atoms with Gasteiger partial charge in [-0.25, -0.2) is 11.0 Å². The molecule has 0 aliphatic carbocycles. The Bertz CT molecular complexity index is 143. The minimum Gasteiger partial charge on any atom is -0.302 e. The van der Waals surface area contributed by atoms with Gasteiger partial charge in [-0.15, -0.1) is 0 Å². The SMILES string of the molecule is NP(N)(=O)OCC=CCl. The van der Waals surface area contributed by atoms with Crippen molar-refractivity contribution in [3.05, 3.63) is 11.6 Å². The fraction of sp³-hybridized carbons (Fsp3) is 0.333. The number of nitrogens with two attached hydrogens (primary N) is 2. The van der Waals surface area contributed by atoms with Crippen LogP contribution in [0.15, 0.2) is 11.6 Å². The van der Waals surface area contributed by atoms with Gasteiger partial charge in [0.05, 0.1) is 6.61 Å². The van der Waals surface area contributed by atoms with Crippen molar-refractivity contribution in [1.82, 2.24) is 0 Å². The maximum atomic E-state index is 10.3. The molecule has 0 aliphatic heterocycles. The molecule has 0 fully saturated rings. The molecule has 0 spiro atoms. The average Bonchev–Trinajstić information content (AvgIpc) is 1.63. The molecule has 0 saturated carbocycles. The number of hydrogen-bond donors (Lipinski definition) is 2. The second-order valence-corrected chi connectivity index (χ2v) is 3.10. The Labute approximate surface area is 58.4 Å². The van der Waals surface area contributed by atoms with E-state index in [1.54, 1.807) is 0 Å². The molecule has 0 unspecified atom stereocenters. The van der Waals surface area contributed by atoms with E-state index < -0.39 is 7.67 Å². The van der Waals surface area contributed by atoms with E-state index >= 15 is 0 Å². The summed E-state index contributed by atoms with van der Waals surface area (Å²) in [5.41, 5.74) is 10.9. The molecule has 0 aromatic rings. The van der Waals surface area contributed by atoms with Gasteiger partial charge in [-0.05, 0) is 6.08 Å². The highest BCUT2D eigenvalue weighted by Crippen LogP contribution is 2.25. The lowest BCUT2D eigenvalue weighted by atomic mass is 10.7. The lowest BCUT2D eigenvalue weighted by Gasteiger charge is -2.02. The third kappa shape index (κ3) is 8.14. The third-order valence-corrected chi connectivity index (χ3v) is 1.19. The normalized spacial score (nSPS) is 12.8. The van der Waals surface area contributed by atoms with Crippen LogP contribution < -0.4 is 11.0 Å². The molecule has 0 radical (unpaired) electrons. The summed E-state index contributed by atoms with van der Waals surface area (Å²) in [5, 5.41) is 0. The Hall–Kier alpha value is 0.140. The molecule has 0 heterocycles. The van der Waals surface area contributed by atoms with Crippen LogP contribution in [0.1, 0.15) is 0 Å². The van der Waals surface area contributed by atoms with Crippen molar-refractivity contribution >= 4 is 19.3 Å². The molecule has 0 amide bonds. The quantitative estimate of drug-likeness (QED) is 0.614. The highest BCUT2D eigenvalue weighted by atomic mass is 35.5. The van der Waals surface area contributed by atoms with Crippen molar-refractivity contribution in [2.24, 2.45) is 11.0 Å². The molecule has 0 aromatic heterocycles. The Morgan fingerprint density at radius 1 is 1.67 bits per heavy atom. The molecule has 0 atom stereocenters. The highest BCUT2D eigenvalue weighted by molar-refractivity contribution is 7.53. The van der Waals surface area contributed by atoms with Crippen LogP contribution in [-0.4, -0.2) is 6.61 Å². The summed E-state index contributed by atoms with van der Waals surface area (Å²) in [6, 6.07) is 0. The van der Waals surface area contributed by atoms with Crippen LogP contribution in [0.5, 0.6) is 0 Å². The van der Waals surface area contributed by atoms with Gasteiger partial charge in [0, 0.05) is 5.54 Å². The van der Waals surface area contributed by atoms with E-state index in [9.17, 15) is 4.57 Å². The lowest BCUT2D eigenvalue weighted by Crippen LogP contribution is -2.07. The predicted molar refractivity (Wildman–Crippen MR) is 36.9 cm³/mol. The van der Waals surface area contributed by atoms with E-state index in [2.05, 4.69) is 4.52 Å². The number of halogens is 1. The van der Waals surface area contributed by atoms with Gasteiger partial charge in [0.25, 0.3) is 0 Å². The summed E-state index contributed by atoms with van der Waals surface area (Å²) in [6.07, 6.45) is 1.44. The minimum atomic E-state index is -3.31. The van der Waals surface area contributed by atoms with E-state index in [1.807, 2.05) is 0 Å². The van der Waals surface area contributed by atoms with Gasteiger partial charge in [0.2, 0.25) is 0 Å². The van der Waals surface area contributed by atoms with E-state index in [4.69, 9.17) is 22.6 Å². The zero-order chi connectivity index (χ0) is 7.33. The van der Waals surface area contributed by atoms with Crippen LogP contribution in [0.4, 0.5) is 0 Å². The molecule has 0 aromatic carbocycles. The van der Waals surface area contributed by atoms with Crippen LogP contribution >= 0.6 is 19.3 Å². The molecule has 0 bridgehead atoms. The van der Waals surface area contributed by atoms with Crippen molar-refractivity contribution in [1.29, 1.82) is 0 Å². The highest BCUT2D eigenvalue weighted by Gasteiger charge is 2.04. The average molecular weight is 171 g/mol. The standard InChI is InChI=1S/C3H8ClN2O2P/c4-2-1-3-8-9(5,6)7/h1-2H,3H2,(H4,5,6,7). The van der Waals surface area contributed by atoms with Gasteiger partial charge in [-0.3, -0.25) is 4.57 Å². The van der Waals surface area contributed by atoms with E-state index in [-0.39, 0.29) is 6.61 Å². The molecule has 54 valence electrons. The molecule has 4 N–H and O–H groups in total. The van der Waals surface area contributed by atoms with Crippen molar-refractivity contribution in [2.75, 3.05) is 6.61 Å². The molecule has 4 nitrogen and oxygen atoms in total. The van der Waals surface area contributed by atoms with Gasteiger partial charge in [-0.2, -0.15) is 0 Å². The third-order valence-electron chi connectivity index (χ3n) is 0.462. The first-order chi connectivity index (χ1) is 4.06. The van der Waals surface area contributed by atoms with Gasteiger partial charge < -0.3 is 4.52 Å². The Morgan fingerprint density at radius 2 is 2.22 bits per heavy atom. The topological polar surface area (TPSA) is 78.3 Å². The maximum Gasteiger partial charge on any atom is 0.335 e. The molecule has 0 saturated heterocycles. The fourth-order valence-corrected chi connectivity index (χ4v) is 0.588. The summed E-state index contributed by atoms with van der Waals surface area (Å²) in [7, 11) is -3.31. The van der Waals surface area contributed by atoms with Crippen molar-refractivity contribution in [2.45, 2.75) is 0 Å². The molecular weight excluding hydrogens is 162 g/mol. The zero-order valence-electron chi connectivity index (χ0n) is 4.66. The number of hydrogen-bond acceptors (Lipinski definition) is 2. The number of rotatable bonds is 3. The Morgan fingerprint density at radius 3 is 2.56 bits per heavy atom. The first-order valence-electron chi connectivity index (χ1n) is 2.13. The van der Waals surface area contributed by atoms with Crippen molar-refractivity contribution in [3.63, 3.8) is 0 Å². The zero-order valence-corrected chi connectivity index (χ0v) is 6.31. The monoisotopic (exact) mass is 170 g/mol. The summed E-state index contributed by atoms with van der Waals surface area (Å²) < 4.78 is 14.8. The molecular formula is C3H8ClN2O2P. The molecule has 9 heavy (non-hydrogen) atoms. The van der Waals surface area contributed by atoms with Gasteiger partial charge >= 0.3 is 7.67 Å². The smallest absolute Gasteiger partial charge is 0.302 e. The predicted octanol–water partition coefficient (Wildman–Crippen LogP) is 0.781. The second-order valence-electron chi connectivity index (χ2n) is 1.30. The molecule has 0 aliphatic rings. The van der Waals surface area contributed by atoms with E-state index in [0.717, 1.165) is 0 Å². The fourth-order valence-electron chi connectivity index (χ4n) is 0.196. The van der Waals surface area contributed by atoms with Gasteiger partial charge in [0.1, 0.15) is 0 Å². The molecule has 6 heteroatoms. The second kappa shape index (κ2) is 4.04. The summed E-state index contributed by atoms with van der Waals surface area (Å²) in [5.74, 6) is 0. The summed E-state index contributed by atoms with van der Waals surface area (Å²) in [6.45, 7) is 0.0772. The van der Waals surface area contributed by atoms with E-state index in [0.29, 0.717) is 0 Å². The van der Waals surface area contributed by atoms with Crippen LogP contribution in [0.25, 0.3) is 0 Å². The first-order valence-corrected chi connectivity index (χ1v) is 4.33. The van der Waals surface area contributed by atoms with E-state index in [1.165, 1.54) is 11.6 Å². The molecule has 0 rings (SSSR count). The minimum absolute atomic E-state index is 0.0772. The summed E-state index contributed by atoms with van der Waals surface area (Å²) >= 11 is 5.10. The lowest BCUT2D eigenvalue weighted by molar-refractivity contribution is 0.354. The maximum absolute atomic E-state index is 10.3. The van der Waals surface area contributed by atoms with Gasteiger partial charge in [-0.1, -0.05) is 11.6 Å². The summed E-state index contributed by atoms with van der Waals surface area (Å²) in [4.78, 5) is 0. The van der Waals surface area contributed by atoms with Crippen molar-refractivity contribution < 1.29 is 9.09 Å². The van der Waals surface area contributed by atoms with Crippen LogP contribution in [0, 0.1) is 0 Å².